The van der Waals surface area contributed by atoms with Crippen molar-refractivity contribution in [2.24, 2.45) is 0 Å². The van der Waals surface area contributed by atoms with Crippen LogP contribution in [0.15, 0.2) is 46.9 Å². The lowest BCUT2D eigenvalue weighted by Gasteiger charge is -2.16. The average molecular weight is 307 g/mol. The molecule has 0 aliphatic rings. The Morgan fingerprint density at radius 1 is 1.17 bits per heavy atom. The first-order chi connectivity index (χ1) is 8.61. The maximum atomic E-state index is 10.5. The summed E-state index contributed by atoms with van der Waals surface area (Å²) in [7, 11) is 1.61. The minimum absolute atomic E-state index is 0.683. The van der Waals surface area contributed by atoms with Crippen molar-refractivity contribution < 1.29 is 9.84 Å². The summed E-state index contributed by atoms with van der Waals surface area (Å²) in [6.07, 6.45) is -0.683. The second kappa shape index (κ2) is 5.55. The fraction of sp³-hybridized carbons (Fsp3) is 0.200. The van der Waals surface area contributed by atoms with Crippen LogP contribution in [0.3, 0.4) is 0 Å². The van der Waals surface area contributed by atoms with Gasteiger partial charge in [0, 0.05) is 10.0 Å². The summed E-state index contributed by atoms with van der Waals surface area (Å²) in [4.78, 5) is 0. The number of aryl methyl sites for hydroxylation is 1. The van der Waals surface area contributed by atoms with E-state index in [1.54, 1.807) is 7.11 Å². The molecule has 0 aliphatic carbocycles. The number of benzene rings is 2. The molecule has 18 heavy (non-hydrogen) atoms. The number of aliphatic hydroxyl groups is 1. The normalized spacial score (nSPS) is 12.2. The Kier molecular flexibility index (Phi) is 4.04. The van der Waals surface area contributed by atoms with Crippen molar-refractivity contribution >= 4 is 15.9 Å². The molecule has 1 atom stereocenters. The first-order valence-electron chi connectivity index (χ1n) is 5.70. The lowest BCUT2D eigenvalue weighted by molar-refractivity contribution is 0.214. The van der Waals surface area contributed by atoms with Crippen molar-refractivity contribution in [2.75, 3.05) is 7.11 Å². The summed E-state index contributed by atoms with van der Waals surface area (Å²) >= 11 is 3.41. The smallest absolute Gasteiger partial charge is 0.125 e. The van der Waals surface area contributed by atoms with Gasteiger partial charge in [-0.2, -0.15) is 0 Å². The summed E-state index contributed by atoms with van der Waals surface area (Å²) in [6.45, 7) is 2.00. The molecule has 0 aliphatic heterocycles. The number of ether oxygens (including phenoxy) is 1. The molecule has 2 nitrogen and oxygen atoms in total. The molecular weight excluding hydrogens is 292 g/mol. The van der Waals surface area contributed by atoms with Crippen LogP contribution in [0, 0.1) is 6.92 Å². The standard InChI is InChI=1S/C15H15BrO2/c1-10-6-7-14(18-2)13(8-10)15(17)11-4-3-5-12(16)9-11/h3-9,15,17H,1-2H3. The Labute approximate surface area is 115 Å². The van der Waals surface area contributed by atoms with Gasteiger partial charge in [0.15, 0.2) is 0 Å². The minimum Gasteiger partial charge on any atom is -0.496 e. The van der Waals surface area contributed by atoms with Gasteiger partial charge in [0.2, 0.25) is 0 Å². The van der Waals surface area contributed by atoms with Gasteiger partial charge in [-0.25, -0.2) is 0 Å². The van der Waals surface area contributed by atoms with Crippen molar-refractivity contribution in [3.8, 4) is 5.75 Å². The molecule has 0 amide bonds. The van der Waals surface area contributed by atoms with Crippen molar-refractivity contribution in [1.29, 1.82) is 0 Å². The van der Waals surface area contributed by atoms with Crippen LogP contribution in [0.4, 0.5) is 0 Å². The van der Waals surface area contributed by atoms with Crippen LogP contribution in [-0.2, 0) is 0 Å². The van der Waals surface area contributed by atoms with Crippen LogP contribution in [0.2, 0.25) is 0 Å². The molecule has 94 valence electrons. The number of halogens is 1. The zero-order valence-corrected chi connectivity index (χ0v) is 11.9. The molecular formula is C15H15BrO2. The lowest BCUT2D eigenvalue weighted by Crippen LogP contribution is -2.02. The Hall–Kier alpha value is -1.32. The predicted octanol–water partition coefficient (Wildman–Crippen LogP) is 3.85. The van der Waals surface area contributed by atoms with Gasteiger partial charge in [-0.15, -0.1) is 0 Å². The van der Waals surface area contributed by atoms with E-state index in [9.17, 15) is 5.11 Å². The fourth-order valence-electron chi connectivity index (χ4n) is 1.92. The number of methoxy groups -OCH3 is 1. The third-order valence-corrected chi connectivity index (χ3v) is 3.34. The maximum Gasteiger partial charge on any atom is 0.125 e. The van der Waals surface area contributed by atoms with Gasteiger partial charge in [0.1, 0.15) is 11.9 Å². The molecule has 0 heterocycles. The SMILES string of the molecule is COc1ccc(C)cc1C(O)c1cccc(Br)c1. The van der Waals surface area contributed by atoms with E-state index in [0.717, 1.165) is 21.2 Å². The van der Waals surface area contributed by atoms with Crippen LogP contribution in [0.5, 0.6) is 5.75 Å². The predicted molar refractivity (Wildman–Crippen MR) is 75.9 cm³/mol. The highest BCUT2D eigenvalue weighted by atomic mass is 79.9. The van der Waals surface area contributed by atoms with Gasteiger partial charge >= 0.3 is 0 Å². The Bertz CT molecular complexity index is 552. The summed E-state index contributed by atoms with van der Waals surface area (Å²) in [6, 6.07) is 13.4. The van der Waals surface area contributed by atoms with E-state index in [-0.39, 0.29) is 0 Å². The first kappa shape index (κ1) is 13.1. The monoisotopic (exact) mass is 306 g/mol. The summed E-state index contributed by atoms with van der Waals surface area (Å²) in [5.41, 5.74) is 2.73. The van der Waals surface area contributed by atoms with Crippen LogP contribution in [-0.4, -0.2) is 12.2 Å². The summed E-state index contributed by atoms with van der Waals surface area (Å²) in [5, 5.41) is 10.5. The molecule has 0 spiro atoms. The van der Waals surface area contributed by atoms with E-state index in [1.165, 1.54) is 0 Å². The average Bonchev–Trinajstić information content (AvgIpc) is 2.38. The molecule has 1 unspecified atom stereocenters. The van der Waals surface area contributed by atoms with Gasteiger partial charge in [-0.05, 0) is 36.8 Å². The lowest BCUT2D eigenvalue weighted by atomic mass is 9.99. The molecule has 2 rings (SSSR count). The molecule has 2 aromatic rings. The second-order valence-electron chi connectivity index (χ2n) is 4.20. The maximum absolute atomic E-state index is 10.5. The van der Waals surface area contributed by atoms with Gasteiger partial charge in [0.25, 0.3) is 0 Å². The van der Waals surface area contributed by atoms with E-state index in [4.69, 9.17) is 4.74 Å². The molecule has 0 radical (unpaired) electrons. The van der Waals surface area contributed by atoms with Crippen molar-refractivity contribution in [1.82, 2.24) is 0 Å². The number of hydrogen-bond acceptors (Lipinski definition) is 2. The zero-order valence-electron chi connectivity index (χ0n) is 10.4. The highest BCUT2D eigenvalue weighted by molar-refractivity contribution is 9.10. The highest BCUT2D eigenvalue weighted by Crippen LogP contribution is 2.31. The van der Waals surface area contributed by atoms with Crippen molar-refractivity contribution in [2.45, 2.75) is 13.0 Å². The molecule has 2 aromatic carbocycles. The summed E-state index contributed by atoms with van der Waals surface area (Å²) < 4.78 is 6.25. The van der Waals surface area contributed by atoms with Crippen molar-refractivity contribution in [3.05, 3.63) is 63.6 Å². The molecule has 3 heteroatoms. The second-order valence-corrected chi connectivity index (χ2v) is 5.12. The van der Waals surface area contributed by atoms with Crippen LogP contribution >= 0.6 is 15.9 Å². The first-order valence-corrected chi connectivity index (χ1v) is 6.49. The van der Waals surface area contributed by atoms with E-state index >= 15 is 0 Å². The number of hydrogen-bond donors (Lipinski definition) is 1. The third kappa shape index (κ3) is 2.74. The quantitative estimate of drug-likeness (QED) is 0.933. The summed E-state index contributed by atoms with van der Waals surface area (Å²) in [5.74, 6) is 0.702. The third-order valence-electron chi connectivity index (χ3n) is 2.84. The van der Waals surface area contributed by atoms with Crippen LogP contribution in [0.1, 0.15) is 22.8 Å². The van der Waals surface area contributed by atoms with Gasteiger partial charge < -0.3 is 9.84 Å². The number of rotatable bonds is 3. The largest absolute Gasteiger partial charge is 0.496 e. The topological polar surface area (TPSA) is 29.5 Å². The number of aliphatic hydroxyl groups excluding tert-OH is 1. The molecule has 0 saturated carbocycles. The molecule has 0 saturated heterocycles. The Morgan fingerprint density at radius 3 is 2.61 bits per heavy atom. The van der Waals surface area contributed by atoms with E-state index in [0.29, 0.717) is 5.75 Å². The van der Waals surface area contributed by atoms with E-state index < -0.39 is 6.10 Å². The van der Waals surface area contributed by atoms with E-state index in [1.807, 2.05) is 49.4 Å². The highest BCUT2D eigenvalue weighted by Gasteiger charge is 2.15. The Morgan fingerprint density at radius 2 is 1.94 bits per heavy atom. The van der Waals surface area contributed by atoms with E-state index in [2.05, 4.69) is 15.9 Å². The van der Waals surface area contributed by atoms with Crippen LogP contribution in [0.25, 0.3) is 0 Å². The Balaban J connectivity index is 2.44. The molecule has 0 aromatic heterocycles. The van der Waals surface area contributed by atoms with Crippen molar-refractivity contribution in [3.63, 3.8) is 0 Å². The van der Waals surface area contributed by atoms with Gasteiger partial charge in [0.05, 0.1) is 7.11 Å². The van der Waals surface area contributed by atoms with Crippen LogP contribution < -0.4 is 4.74 Å². The van der Waals surface area contributed by atoms with Gasteiger partial charge in [-0.1, -0.05) is 39.7 Å². The molecule has 1 N–H and O–H groups in total. The fourth-order valence-corrected chi connectivity index (χ4v) is 2.34. The molecule has 0 fully saturated rings. The van der Waals surface area contributed by atoms with Gasteiger partial charge in [-0.3, -0.25) is 0 Å². The molecule has 0 bridgehead atoms. The minimum atomic E-state index is -0.683. The zero-order chi connectivity index (χ0) is 13.1.